The molecule has 1 aliphatic carbocycles. The minimum atomic E-state index is -0.637. The van der Waals surface area contributed by atoms with Crippen LogP contribution in [0, 0.1) is 11.8 Å². The van der Waals surface area contributed by atoms with E-state index in [-0.39, 0.29) is 17.9 Å². The molecule has 0 aliphatic heterocycles. The smallest absolute Gasteiger partial charge is 0.0623 e. The maximum atomic E-state index is 9.95. The van der Waals surface area contributed by atoms with Gasteiger partial charge in [-0.25, -0.2) is 0 Å². The number of aliphatic hydroxyl groups is 2. The Balaban J connectivity index is 2.67. The van der Waals surface area contributed by atoms with Gasteiger partial charge in [0.2, 0.25) is 0 Å². The first kappa shape index (κ1) is 11.0. The topological polar surface area (TPSA) is 40.5 Å². The molecule has 0 aromatic carbocycles. The molecule has 0 amide bonds. The highest BCUT2D eigenvalue weighted by Crippen LogP contribution is 2.38. The lowest BCUT2D eigenvalue weighted by molar-refractivity contribution is -0.0599. The van der Waals surface area contributed by atoms with Crippen molar-refractivity contribution in [1.29, 1.82) is 0 Å². The van der Waals surface area contributed by atoms with Gasteiger partial charge in [-0.2, -0.15) is 0 Å². The molecule has 78 valence electrons. The zero-order valence-electron chi connectivity index (χ0n) is 8.95. The highest BCUT2D eigenvalue weighted by Gasteiger charge is 2.37. The SMILES string of the molecule is CC(O)C1CCCCC1C(C)(C)O. The van der Waals surface area contributed by atoms with Gasteiger partial charge in [-0.3, -0.25) is 0 Å². The van der Waals surface area contributed by atoms with Crippen molar-refractivity contribution < 1.29 is 10.2 Å². The van der Waals surface area contributed by atoms with Gasteiger partial charge >= 0.3 is 0 Å². The maximum absolute atomic E-state index is 9.95. The van der Waals surface area contributed by atoms with Crippen molar-refractivity contribution >= 4 is 0 Å². The Morgan fingerprint density at radius 1 is 1.23 bits per heavy atom. The maximum Gasteiger partial charge on any atom is 0.0623 e. The molecule has 1 saturated carbocycles. The summed E-state index contributed by atoms with van der Waals surface area (Å²) in [5.74, 6) is 0.551. The molecule has 0 saturated heterocycles. The molecule has 2 nitrogen and oxygen atoms in total. The summed E-state index contributed by atoms with van der Waals surface area (Å²) in [5.41, 5.74) is -0.637. The highest BCUT2D eigenvalue weighted by molar-refractivity contribution is 4.88. The molecule has 1 aliphatic rings. The minimum Gasteiger partial charge on any atom is -0.393 e. The van der Waals surface area contributed by atoms with Crippen LogP contribution < -0.4 is 0 Å². The van der Waals surface area contributed by atoms with Crippen LogP contribution in [0.4, 0.5) is 0 Å². The standard InChI is InChI=1S/C11H22O2/c1-8(12)9-6-4-5-7-10(9)11(2,3)13/h8-10,12-13H,4-7H2,1-3H3. The molecule has 0 heterocycles. The van der Waals surface area contributed by atoms with Gasteiger partial charge in [-0.15, -0.1) is 0 Å². The average Bonchev–Trinajstić information content (AvgIpc) is 2.03. The van der Waals surface area contributed by atoms with E-state index in [0.717, 1.165) is 12.8 Å². The Hall–Kier alpha value is -0.0800. The van der Waals surface area contributed by atoms with E-state index in [9.17, 15) is 10.2 Å². The average molecular weight is 186 g/mol. The molecular weight excluding hydrogens is 164 g/mol. The second-order valence-electron chi connectivity index (χ2n) is 4.95. The van der Waals surface area contributed by atoms with Crippen LogP contribution in [0.1, 0.15) is 46.5 Å². The second kappa shape index (κ2) is 3.97. The van der Waals surface area contributed by atoms with Crippen LogP contribution in [0.3, 0.4) is 0 Å². The Labute approximate surface area is 81.0 Å². The van der Waals surface area contributed by atoms with Crippen LogP contribution in [0.2, 0.25) is 0 Å². The van der Waals surface area contributed by atoms with E-state index in [4.69, 9.17) is 0 Å². The van der Waals surface area contributed by atoms with Crippen molar-refractivity contribution in [2.24, 2.45) is 11.8 Å². The molecule has 0 aromatic heterocycles. The Morgan fingerprint density at radius 2 is 1.77 bits per heavy atom. The first-order valence-corrected chi connectivity index (χ1v) is 5.33. The Bertz CT molecular complexity index is 158. The number of aliphatic hydroxyl groups excluding tert-OH is 1. The predicted molar refractivity (Wildman–Crippen MR) is 53.4 cm³/mol. The van der Waals surface area contributed by atoms with E-state index in [1.54, 1.807) is 0 Å². The van der Waals surface area contributed by atoms with Gasteiger partial charge in [-0.1, -0.05) is 12.8 Å². The zero-order chi connectivity index (χ0) is 10.1. The fraction of sp³-hybridized carbons (Fsp3) is 1.00. The largest absolute Gasteiger partial charge is 0.393 e. The van der Waals surface area contributed by atoms with Gasteiger partial charge in [0, 0.05) is 0 Å². The Kier molecular flexibility index (Phi) is 3.36. The number of rotatable bonds is 2. The summed E-state index contributed by atoms with van der Waals surface area (Å²) in [6, 6.07) is 0. The van der Waals surface area contributed by atoms with Gasteiger partial charge in [0.15, 0.2) is 0 Å². The van der Waals surface area contributed by atoms with Crippen molar-refractivity contribution in [2.45, 2.75) is 58.2 Å². The summed E-state index contributed by atoms with van der Waals surface area (Å²) < 4.78 is 0. The summed E-state index contributed by atoms with van der Waals surface area (Å²) in [4.78, 5) is 0. The van der Waals surface area contributed by atoms with E-state index in [0.29, 0.717) is 0 Å². The normalized spacial score (nSPS) is 33.0. The van der Waals surface area contributed by atoms with Crippen molar-refractivity contribution in [3.8, 4) is 0 Å². The molecule has 13 heavy (non-hydrogen) atoms. The van der Waals surface area contributed by atoms with E-state index < -0.39 is 5.60 Å². The predicted octanol–water partition coefficient (Wildman–Crippen LogP) is 1.94. The van der Waals surface area contributed by atoms with E-state index >= 15 is 0 Å². The van der Waals surface area contributed by atoms with Crippen molar-refractivity contribution in [3.05, 3.63) is 0 Å². The first-order valence-electron chi connectivity index (χ1n) is 5.33. The van der Waals surface area contributed by atoms with Gasteiger partial charge in [0.1, 0.15) is 0 Å². The van der Waals surface area contributed by atoms with Gasteiger partial charge in [0.25, 0.3) is 0 Å². The van der Waals surface area contributed by atoms with Crippen molar-refractivity contribution in [3.63, 3.8) is 0 Å². The quantitative estimate of drug-likeness (QED) is 0.692. The van der Waals surface area contributed by atoms with Crippen LogP contribution in [-0.4, -0.2) is 21.9 Å². The number of hydrogen-bond donors (Lipinski definition) is 2. The molecule has 2 heteroatoms. The van der Waals surface area contributed by atoms with Gasteiger partial charge in [0.05, 0.1) is 11.7 Å². The summed E-state index contributed by atoms with van der Waals surface area (Å²) in [7, 11) is 0. The fourth-order valence-electron chi connectivity index (χ4n) is 2.61. The molecule has 0 radical (unpaired) electrons. The van der Waals surface area contributed by atoms with Gasteiger partial charge < -0.3 is 10.2 Å². The molecule has 3 unspecified atom stereocenters. The molecular formula is C11H22O2. The summed E-state index contributed by atoms with van der Waals surface area (Å²) in [6.07, 6.45) is 4.22. The third-order valence-electron chi connectivity index (χ3n) is 3.35. The van der Waals surface area contributed by atoms with Crippen LogP contribution in [0.25, 0.3) is 0 Å². The third kappa shape index (κ3) is 2.68. The lowest BCUT2D eigenvalue weighted by Crippen LogP contribution is -2.42. The van der Waals surface area contributed by atoms with Crippen LogP contribution in [-0.2, 0) is 0 Å². The molecule has 3 atom stereocenters. The fourth-order valence-corrected chi connectivity index (χ4v) is 2.61. The van der Waals surface area contributed by atoms with Gasteiger partial charge in [-0.05, 0) is 45.4 Å². The van der Waals surface area contributed by atoms with Crippen molar-refractivity contribution in [1.82, 2.24) is 0 Å². The highest BCUT2D eigenvalue weighted by atomic mass is 16.3. The molecule has 0 aromatic rings. The molecule has 0 bridgehead atoms. The van der Waals surface area contributed by atoms with E-state index in [2.05, 4.69) is 0 Å². The molecule has 1 fully saturated rings. The number of hydrogen-bond acceptors (Lipinski definition) is 2. The van der Waals surface area contributed by atoms with E-state index in [1.807, 2.05) is 20.8 Å². The van der Waals surface area contributed by atoms with E-state index in [1.165, 1.54) is 12.8 Å². The zero-order valence-corrected chi connectivity index (χ0v) is 8.95. The van der Waals surface area contributed by atoms with Crippen molar-refractivity contribution in [2.75, 3.05) is 0 Å². The summed E-state index contributed by atoms with van der Waals surface area (Å²) in [6.45, 7) is 5.56. The lowest BCUT2D eigenvalue weighted by atomic mass is 9.69. The van der Waals surface area contributed by atoms with Crippen LogP contribution in [0.15, 0.2) is 0 Å². The minimum absolute atomic E-state index is 0.265. The summed E-state index contributed by atoms with van der Waals surface area (Å²) in [5, 5.41) is 19.6. The molecule has 0 spiro atoms. The lowest BCUT2D eigenvalue weighted by Gasteiger charge is -2.40. The molecule has 1 rings (SSSR count). The first-order chi connectivity index (χ1) is 5.93. The van der Waals surface area contributed by atoms with Crippen LogP contribution >= 0.6 is 0 Å². The van der Waals surface area contributed by atoms with Crippen LogP contribution in [0.5, 0.6) is 0 Å². The summed E-state index contributed by atoms with van der Waals surface area (Å²) >= 11 is 0. The second-order valence-corrected chi connectivity index (χ2v) is 4.95. The monoisotopic (exact) mass is 186 g/mol. The third-order valence-corrected chi connectivity index (χ3v) is 3.35. The molecule has 2 N–H and O–H groups in total. The Morgan fingerprint density at radius 3 is 2.15 bits per heavy atom.